The first-order valence-electron chi connectivity index (χ1n) is 7.04. The average Bonchev–Trinajstić information content (AvgIpc) is 2.47. The largest absolute Gasteiger partial charge is 0.497 e. The van der Waals surface area contributed by atoms with E-state index in [1.807, 2.05) is 32.3 Å². The maximum absolute atomic E-state index is 11.0. The summed E-state index contributed by atoms with van der Waals surface area (Å²) >= 11 is 0. The van der Waals surface area contributed by atoms with Crippen LogP contribution in [0.5, 0.6) is 11.5 Å². The van der Waals surface area contributed by atoms with Crippen LogP contribution < -0.4 is 9.47 Å². The highest BCUT2D eigenvalue weighted by molar-refractivity contribution is 5.43. The first-order valence-corrected chi connectivity index (χ1v) is 7.04. The predicted octanol–water partition coefficient (Wildman–Crippen LogP) is 2.86. The van der Waals surface area contributed by atoms with Gasteiger partial charge in [-0.25, -0.2) is 0 Å². The SMILES string of the molecule is CCC(CC)(C(O)c1cc(OC)ccc1OC)N(C)C. The Morgan fingerprint density at radius 3 is 2.15 bits per heavy atom. The zero-order valence-electron chi connectivity index (χ0n) is 13.4. The molecule has 0 radical (unpaired) electrons. The second-order valence-corrected chi connectivity index (χ2v) is 5.22. The van der Waals surface area contributed by atoms with Crippen molar-refractivity contribution in [3.05, 3.63) is 23.8 Å². The van der Waals surface area contributed by atoms with Crippen LogP contribution in [0.4, 0.5) is 0 Å². The van der Waals surface area contributed by atoms with Crippen molar-refractivity contribution in [2.45, 2.75) is 38.3 Å². The molecule has 0 amide bonds. The molecule has 20 heavy (non-hydrogen) atoms. The van der Waals surface area contributed by atoms with Crippen molar-refractivity contribution in [3.8, 4) is 11.5 Å². The molecule has 0 heterocycles. The molecule has 0 aliphatic heterocycles. The molecular formula is C16H27NO3. The van der Waals surface area contributed by atoms with Gasteiger partial charge in [0.05, 0.1) is 19.8 Å². The Kier molecular flexibility index (Phi) is 5.84. The standard InChI is InChI=1S/C16H27NO3/c1-7-16(8-2,17(3)4)15(18)13-11-12(19-5)9-10-14(13)20-6/h9-11,15,18H,7-8H2,1-6H3. The summed E-state index contributed by atoms with van der Waals surface area (Å²) in [6.07, 6.45) is 1.05. The summed E-state index contributed by atoms with van der Waals surface area (Å²) in [5, 5.41) is 11.0. The molecular weight excluding hydrogens is 254 g/mol. The maximum Gasteiger partial charge on any atom is 0.125 e. The molecule has 4 nitrogen and oxygen atoms in total. The van der Waals surface area contributed by atoms with Crippen molar-refractivity contribution in [1.29, 1.82) is 0 Å². The smallest absolute Gasteiger partial charge is 0.125 e. The van der Waals surface area contributed by atoms with Crippen molar-refractivity contribution in [2.24, 2.45) is 0 Å². The maximum atomic E-state index is 11.0. The van der Waals surface area contributed by atoms with Crippen LogP contribution in [0.2, 0.25) is 0 Å². The van der Waals surface area contributed by atoms with E-state index in [0.717, 1.165) is 24.2 Å². The van der Waals surface area contributed by atoms with Crippen molar-refractivity contribution in [1.82, 2.24) is 4.90 Å². The number of nitrogens with zero attached hydrogens (tertiary/aromatic N) is 1. The average molecular weight is 281 g/mol. The summed E-state index contributed by atoms with van der Waals surface area (Å²) in [4.78, 5) is 2.09. The van der Waals surface area contributed by atoms with Gasteiger partial charge in [-0.1, -0.05) is 13.8 Å². The molecule has 4 heteroatoms. The molecule has 0 saturated carbocycles. The van der Waals surface area contributed by atoms with E-state index < -0.39 is 6.10 Å². The topological polar surface area (TPSA) is 41.9 Å². The summed E-state index contributed by atoms with van der Waals surface area (Å²) < 4.78 is 10.7. The number of benzene rings is 1. The van der Waals surface area contributed by atoms with Gasteiger partial charge in [0.25, 0.3) is 0 Å². The third-order valence-electron chi connectivity index (χ3n) is 4.36. The van der Waals surface area contributed by atoms with Gasteiger partial charge in [-0.05, 0) is 45.1 Å². The number of methoxy groups -OCH3 is 2. The number of hydrogen-bond donors (Lipinski definition) is 1. The zero-order chi connectivity index (χ0) is 15.3. The summed E-state index contributed by atoms with van der Waals surface area (Å²) in [6, 6.07) is 5.53. The molecule has 1 rings (SSSR count). The third-order valence-corrected chi connectivity index (χ3v) is 4.36. The molecule has 1 atom stereocenters. The van der Waals surface area contributed by atoms with Gasteiger partial charge in [0.1, 0.15) is 17.6 Å². The van der Waals surface area contributed by atoms with Crippen molar-refractivity contribution in [2.75, 3.05) is 28.3 Å². The van der Waals surface area contributed by atoms with Gasteiger partial charge in [0, 0.05) is 5.56 Å². The number of aliphatic hydroxyl groups is 1. The van der Waals surface area contributed by atoms with Crippen LogP contribution in [0.15, 0.2) is 18.2 Å². The molecule has 1 unspecified atom stereocenters. The van der Waals surface area contributed by atoms with Gasteiger partial charge in [-0.15, -0.1) is 0 Å². The first-order chi connectivity index (χ1) is 9.46. The molecule has 0 bridgehead atoms. The Balaban J connectivity index is 3.33. The fourth-order valence-corrected chi connectivity index (χ4v) is 2.86. The number of ether oxygens (including phenoxy) is 2. The van der Waals surface area contributed by atoms with E-state index in [1.165, 1.54) is 0 Å². The molecule has 1 aromatic carbocycles. The quantitative estimate of drug-likeness (QED) is 0.834. The van der Waals surface area contributed by atoms with Crippen LogP contribution in [0.1, 0.15) is 38.4 Å². The molecule has 0 aliphatic rings. The molecule has 1 N–H and O–H groups in total. The summed E-state index contributed by atoms with van der Waals surface area (Å²) in [5.41, 5.74) is 0.448. The number of rotatable bonds is 7. The highest BCUT2D eigenvalue weighted by Crippen LogP contribution is 2.40. The highest BCUT2D eigenvalue weighted by atomic mass is 16.5. The third kappa shape index (κ3) is 2.91. The monoisotopic (exact) mass is 281 g/mol. The van der Waals surface area contributed by atoms with Crippen molar-refractivity contribution < 1.29 is 14.6 Å². The molecule has 114 valence electrons. The Morgan fingerprint density at radius 2 is 1.75 bits per heavy atom. The van der Waals surface area contributed by atoms with Gasteiger partial charge < -0.3 is 19.5 Å². The fourth-order valence-electron chi connectivity index (χ4n) is 2.86. The minimum atomic E-state index is -0.641. The van der Waals surface area contributed by atoms with E-state index >= 15 is 0 Å². The van der Waals surface area contributed by atoms with Crippen molar-refractivity contribution >= 4 is 0 Å². The number of hydrogen-bond acceptors (Lipinski definition) is 4. The lowest BCUT2D eigenvalue weighted by Crippen LogP contribution is -2.48. The number of aliphatic hydroxyl groups excluding tert-OH is 1. The number of likely N-dealkylation sites (N-methyl/N-ethyl adjacent to an activating group) is 1. The Hall–Kier alpha value is -1.26. The van der Waals surface area contributed by atoms with E-state index in [0.29, 0.717) is 5.75 Å². The molecule has 0 aromatic heterocycles. The fraction of sp³-hybridized carbons (Fsp3) is 0.625. The van der Waals surface area contributed by atoms with Gasteiger partial charge in [0.2, 0.25) is 0 Å². The lowest BCUT2D eigenvalue weighted by molar-refractivity contribution is -0.0162. The molecule has 1 aromatic rings. The van der Waals surface area contributed by atoms with Gasteiger partial charge in [0.15, 0.2) is 0 Å². The minimum absolute atomic E-state index is 0.320. The first kappa shape index (κ1) is 16.8. The van der Waals surface area contributed by atoms with E-state index in [2.05, 4.69) is 18.7 Å². The second kappa shape index (κ2) is 6.95. The van der Waals surface area contributed by atoms with Crippen LogP contribution in [0.3, 0.4) is 0 Å². The summed E-state index contributed by atoms with van der Waals surface area (Å²) in [6.45, 7) is 4.19. The van der Waals surface area contributed by atoms with Gasteiger partial charge in [-0.2, -0.15) is 0 Å². The minimum Gasteiger partial charge on any atom is -0.497 e. The second-order valence-electron chi connectivity index (χ2n) is 5.22. The van der Waals surface area contributed by atoms with Gasteiger partial charge in [-0.3, -0.25) is 0 Å². The molecule has 0 saturated heterocycles. The lowest BCUT2D eigenvalue weighted by Gasteiger charge is -2.43. The predicted molar refractivity (Wildman–Crippen MR) is 81.5 cm³/mol. The van der Waals surface area contributed by atoms with Crippen LogP contribution in [-0.4, -0.2) is 43.9 Å². The lowest BCUT2D eigenvalue weighted by atomic mass is 9.81. The Morgan fingerprint density at radius 1 is 1.15 bits per heavy atom. The van der Waals surface area contributed by atoms with Crippen LogP contribution in [-0.2, 0) is 0 Å². The summed E-state index contributed by atoms with van der Waals surface area (Å²) in [7, 11) is 7.25. The van der Waals surface area contributed by atoms with Crippen molar-refractivity contribution in [3.63, 3.8) is 0 Å². The van der Waals surface area contributed by atoms with E-state index in [4.69, 9.17) is 9.47 Å². The Bertz CT molecular complexity index is 428. The van der Waals surface area contributed by atoms with E-state index in [1.54, 1.807) is 14.2 Å². The molecule has 0 spiro atoms. The highest BCUT2D eigenvalue weighted by Gasteiger charge is 2.39. The van der Waals surface area contributed by atoms with E-state index in [9.17, 15) is 5.11 Å². The zero-order valence-corrected chi connectivity index (χ0v) is 13.4. The summed E-state index contributed by atoms with van der Waals surface area (Å²) in [5.74, 6) is 1.41. The van der Waals surface area contributed by atoms with Gasteiger partial charge >= 0.3 is 0 Å². The van der Waals surface area contributed by atoms with Crippen LogP contribution in [0, 0.1) is 0 Å². The molecule has 0 fully saturated rings. The normalized spacial score (nSPS) is 13.4. The Labute approximate surface area is 122 Å². The van der Waals surface area contributed by atoms with E-state index in [-0.39, 0.29) is 5.54 Å². The van der Waals surface area contributed by atoms with Crippen LogP contribution >= 0.6 is 0 Å². The van der Waals surface area contributed by atoms with Crippen LogP contribution in [0.25, 0.3) is 0 Å². The molecule has 0 aliphatic carbocycles.